The first-order valence-corrected chi connectivity index (χ1v) is 7.79. The van der Waals surface area contributed by atoms with Gasteiger partial charge < -0.3 is 14.2 Å². The molecule has 1 unspecified atom stereocenters. The van der Waals surface area contributed by atoms with Crippen LogP contribution in [0.15, 0.2) is 41.0 Å². The van der Waals surface area contributed by atoms with Crippen molar-refractivity contribution >= 4 is 29.1 Å². The fourth-order valence-electron chi connectivity index (χ4n) is 2.70. The number of halogens is 1. The fraction of sp³-hybridized carbons (Fsp3) is 0.294. The van der Waals surface area contributed by atoms with Crippen molar-refractivity contribution in [2.75, 3.05) is 18.0 Å². The summed E-state index contributed by atoms with van der Waals surface area (Å²) >= 11 is 6.15. The highest BCUT2D eigenvalue weighted by atomic mass is 35.5. The van der Waals surface area contributed by atoms with E-state index in [0.29, 0.717) is 18.1 Å². The molecule has 6 heteroatoms. The summed E-state index contributed by atoms with van der Waals surface area (Å²) in [6.07, 6.45) is 1.45. The molecule has 0 N–H and O–H groups in total. The van der Waals surface area contributed by atoms with Gasteiger partial charge in [0, 0.05) is 23.8 Å². The third kappa shape index (κ3) is 2.84. The van der Waals surface area contributed by atoms with E-state index in [4.69, 9.17) is 16.0 Å². The number of furan rings is 1. The van der Waals surface area contributed by atoms with Gasteiger partial charge in [-0.1, -0.05) is 17.7 Å². The molecule has 23 heavy (non-hydrogen) atoms. The summed E-state index contributed by atoms with van der Waals surface area (Å²) in [5.41, 5.74) is 1.71. The van der Waals surface area contributed by atoms with E-state index in [1.54, 1.807) is 30.0 Å². The average molecular weight is 333 g/mol. The van der Waals surface area contributed by atoms with Gasteiger partial charge in [0.2, 0.25) is 5.91 Å². The maximum absolute atomic E-state index is 12.7. The smallest absolute Gasteiger partial charge is 0.290 e. The summed E-state index contributed by atoms with van der Waals surface area (Å²) in [5, 5.41) is 0.622. The summed E-state index contributed by atoms with van der Waals surface area (Å²) in [6.45, 7) is 4.51. The van der Waals surface area contributed by atoms with E-state index >= 15 is 0 Å². The van der Waals surface area contributed by atoms with Crippen LogP contribution in [-0.2, 0) is 4.79 Å². The second-order valence-electron chi connectivity index (χ2n) is 5.58. The zero-order valence-corrected chi connectivity index (χ0v) is 13.7. The van der Waals surface area contributed by atoms with Crippen molar-refractivity contribution in [2.45, 2.75) is 19.9 Å². The van der Waals surface area contributed by atoms with Crippen LogP contribution in [0.4, 0.5) is 5.69 Å². The molecule has 0 bridgehead atoms. The number of amides is 2. The SMILES string of the molecule is Cc1ccc(N2CCN(C(=O)c3ccco3)C(C)C2=O)cc1Cl. The summed E-state index contributed by atoms with van der Waals surface area (Å²) in [7, 11) is 0. The zero-order chi connectivity index (χ0) is 16.6. The van der Waals surface area contributed by atoms with Crippen molar-refractivity contribution in [1.82, 2.24) is 4.90 Å². The molecule has 0 spiro atoms. The molecule has 1 aliphatic heterocycles. The van der Waals surface area contributed by atoms with E-state index in [1.165, 1.54) is 11.2 Å². The van der Waals surface area contributed by atoms with Gasteiger partial charge in [-0.25, -0.2) is 0 Å². The molecule has 1 fully saturated rings. The number of carbonyl (C=O) groups excluding carboxylic acids is 2. The Balaban J connectivity index is 1.81. The molecule has 1 aromatic heterocycles. The molecule has 1 saturated heterocycles. The van der Waals surface area contributed by atoms with E-state index in [9.17, 15) is 9.59 Å². The molecular formula is C17H17ClN2O3. The summed E-state index contributed by atoms with van der Waals surface area (Å²) in [5.74, 6) is -0.148. The predicted molar refractivity (Wildman–Crippen MR) is 87.7 cm³/mol. The van der Waals surface area contributed by atoms with Gasteiger partial charge in [-0.15, -0.1) is 0 Å². The van der Waals surface area contributed by atoms with Gasteiger partial charge in [0.05, 0.1) is 6.26 Å². The lowest BCUT2D eigenvalue weighted by molar-refractivity contribution is -0.124. The fourth-order valence-corrected chi connectivity index (χ4v) is 2.87. The molecule has 1 aliphatic rings. The Kier molecular flexibility index (Phi) is 4.13. The standard InChI is InChI=1S/C17H17ClN2O3/c1-11-5-6-13(10-14(11)18)20-8-7-19(12(2)16(20)21)17(22)15-4-3-9-23-15/h3-6,9-10,12H,7-8H2,1-2H3. The number of benzene rings is 1. The molecule has 120 valence electrons. The lowest BCUT2D eigenvalue weighted by atomic mass is 10.1. The highest BCUT2D eigenvalue weighted by molar-refractivity contribution is 6.31. The third-order valence-electron chi connectivity index (χ3n) is 4.12. The number of carbonyl (C=O) groups is 2. The molecule has 2 heterocycles. The molecule has 2 amide bonds. The van der Waals surface area contributed by atoms with Crippen molar-refractivity contribution in [3.05, 3.63) is 52.9 Å². The number of hydrogen-bond acceptors (Lipinski definition) is 3. The Bertz CT molecular complexity index is 742. The minimum absolute atomic E-state index is 0.129. The van der Waals surface area contributed by atoms with Crippen molar-refractivity contribution < 1.29 is 14.0 Å². The lowest BCUT2D eigenvalue weighted by Crippen LogP contribution is -2.57. The Morgan fingerprint density at radius 2 is 2.09 bits per heavy atom. The Morgan fingerprint density at radius 3 is 2.74 bits per heavy atom. The molecular weight excluding hydrogens is 316 g/mol. The van der Waals surface area contributed by atoms with Crippen LogP contribution in [0.5, 0.6) is 0 Å². The van der Waals surface area contributed by atoms with Crippen molar-refractivity contribution in [2.24, 2.45) is 0 Å². The number of nitrogens with zero attached hydrogens (tertiary/aromatic N) is 2. The van der Waals surface area contributed by atoms with Gasteiger partial charge in [0.15, 0.2) is 5.76 Å². The van der Waals surface area contributed by atoms with E-state index in [0.717, 1.165) is 11.3 Å². The Hall–Kier alpha value is -2.27. The number of hydrogen-bond donors (Lipinski definition) is 0. The van der Waals surface area contributed by atoms with Crippen molar-refractivity contribution in [3.8, 4) is 0 Å². The van der Waals surface area contributed by atoms with Crippen LogP contribution in [0.1, 0.15) is 23.0 Å². The van der Waals surface area contributed by atoms with Crippen molar-refractivity contribution in [3.63, 3.8) is 0 Å². The normalized spacial score (nSPS) is 18.4. The van der Waals surface area contributed by atoms with Crippen LogP contribution in [0.2, 0.25) is 5.02 Å². The lowest BCUT2D eigenvalue weighted by Gasteiger charge is -2.38. The number of rotatable bonds is 2. The van der Waals surface area contributed by atoms with Gasteiger partial charge >= 0.3 is 0 Å². The van der Waals surface area contributed by atoms with Crippen LogP contribution in [-0.4, -0.2) is 35.8 Å². The molecule has 5 nitrogen and oxygen atoms in total. The molecule has 2 aromatic rings. The van der Waals surface area contributed by atoms with Crippen LogP contribution < -0.4 is 4.90 Å². The molecule has 3 rings (SSSR count). The van der Waals surface area contributed by atoms with Gasteiger partial charge in [0.1, 0.15) is 6.04 Å². The zero-order valence-electron chi connectivity index (χ0n) is 13.0. The van der Waals surface area contributed by atoms with Gasteiger partial charge in [0.25, 0.3) is 5.91 Å². The molecule has 1 aromatic carbocycles. The third-order valence-corrected chi connectivity index (χ3v) is 4.52. The maximum Gasteiger partial charge on any atom is 0.290 e. The summed E-state index contributed by atoms with van der Waals surface area (Å²) < 4.78 is 5.14. The predicted octanol–water partition coefficient (Wildman–Crippen LogP) is 3.12. The second kappa shape index (κ2) is 6.08. The first-order chi connectivity index (χ1) is 11.0. The maximum atomic E-state index is 12.7. The topological polar surface area (TPSA) is 53.8 Å². The largest absolute Gasteiger partial charge is 0.459 e. The number of anilines is 1. The Morgan fingerprint density at radius 1 is 1.30 bits per heavy atom. The summed E-state index contributed by atoms with van der Waals surface area (Å²) in [6, 6.07) is 8.24. The first-order valence-electron chi connectivity index (χ1n) is 7.41. The average Bonchev–Trinajstić information content (AvgIpc) is 3.06. The molecule has 1 atom stereocenters. The highest BCUT2D eigenvalue weighted by Crippen LogP contribution is 2.26. The van der Waals surface area contributed by atoms with E-state index < -0.39 is 6.04 Å². The number of aryl methyl sites for hydroxylation is 1. The van der Waals surface area contributed by atoms with E-state index in [1.807, 2.05) is 19.1 Å². The number of piperazine rings is 1. The van der Waals surface area contributed by atoms with Gasteiger partial charge in [-0.3, -0.25) is 9.59 Å². The molecule has 0 saturated carbocycles. The Labute approximate surface area is 139 Å². The quantitative estimate of drug-likeness (QED) is 0.849. The highest BCUT2D eigenvalue weighted by Gasteiger charge is 2.36. The summed E-state index contributed by atoms with van der Waals surface area (Å²) in [4.78, 5) is 28.3. The van der Waals surface area contributed by atoms with Crippen LogP contribution in [0.3, 0.4) is 0 Å². The first kappa shape index (κ1) is 15.6. The molecule has 0 aliphatic carbocycles. The van der Waals surface area contributed by atoms with Gasteiger partial charge in [-0.05, 0) is 43.7 Å². The van der Waals surface area contributed by atoms with Crippen molar-refractivity contribution in [1.29, 1.82) is 0 Å². The monoisotopic (exact) mass is 332 g/mol. The van der Waals surface area contributed by atoms with Gasteiger partial charge in [-0.2, -0.15) is 0 Å². The van der Waals surface area contributed by atoms with Crippen LogP contribution in [0, 0.1) is 6.92 Å². The van der Waals surface area contributed by atoms with E-state index in [-0.39, 0.29) is 17.6 Å². The van der Waals surface area contributed by atoms with E-state index in [2.05, 4.69) is 0 Å². The van der Waals surface area contributed by atoms with Crippen LogP contribution >= 0.6 is 11.6 Å². The second-order valence-corrected chi connectivity index (χ2v) is 5.98. The molecule has 0 radical (unpaired) electrons. The minimum atomic E-state index is -0.554. The minimum Gasteiger partial charge on any atom is -0.459 e. The van der Waals surface area contributed by atoms with Crippen LogP contribution in [0.25, 0.3) is 0 Å².